The molecule has 0 aliphatic heterocycles. The van der Waals surface area contributed by atoms with Gasteiger partial charge in [0.2, 0.25) is 0 Å². The van der Waals surface area contributed by atoms with E-state index in [9.17, 15) is 0 Å². The Kier molecular flexibility index (Phi) is 8.24. The highest BCUT2D eigenvalue weighted by atomic mass is 35.5. The Balaban J connectivity index is 3.02. The number of aliphatic hydroxyl groups is 1. The quantitative estimate of drug-likeness (QED) is 0.525. The molecule has 0 atom stereocenters. The van der Waals surface area contributed by atoms with Gasteiger partial charge in [-0.3, -0.25) is 0 Å². The molecule has 0 unspecified atom stereocenters. The van der Waals surface area contributed by atoms with Crippen molar-refractivity contribution in [1.82, 2.24) is 0 Å². The van der Waals surface area contributed by atoms with E-state index in [2.05, 4.69) is 0 Å². The van der Waals surface area contributed by atoms with Gasteiger partial charge in [0.25, 0.3) is 0 Å². The monoisotopic (exact) mass is 198 g/mol. The smallest absolute Gasteiger partial charge is 0.198 e. The van der Waals surface area contributed by atoms with E-state index in [0.717, 1.165) is 19.3 Å². The summed E-state index contributed by atoms with van der Waals surface area (Å²) in [4.78, 5) is 0. The van der Waals surface area contributed by atoms with Crippen molar-refractivity contribution in [2.45, 2.75) is 19.3 Å². The van der Waals surface area contributed by atoms with E-state index in [4.69, 9.17) is 33.0 Å². The fourth-order valence-electron chi connectivity index (χ4n) is 0.592. The van der Waals surface area contributed by atoms with Crippen molar-refractivity contribution in [3.63, 3.8) is 0 Å². The van der Waals surface area contributed by atoms with Crippen LogP contribution in [0.4, 0.5) is 0 Å². The van der Waals surface area contributed by atoms with Crippen LogP contribution in [0.15, 0.2) is 10.8 Å². The van der Waals surface area contributed by atoms with Crippen LogP contribution in [-0.4, -0.2) is 18.3 Å². The number of halogens is 2. The number of rotatable bonds is 6. The average molecular weight is 199 g/mol. The summed E-state index contributed by atoms with van der Waals surface area (Å²) in [6, 6.07) is 0. The Hall–Kier alpha value is 0.0800. The Morgan fingerprint density at radius 3 is 2.64 bits per heavy atom. The molecule has 0 spiro atoms. The van der Waals surface area contributed by atoms with Gasteiger partial charge in [-0.25, -0.2) is 0 Å². The highest BCUT2D eigenvalue weighted by molar-refractivity contribution is 6.35. The summed E-state index contributed by atoms with van der Waals surface area (Å²) >= 11 is 10.7. The van der Waals surface area contributed by atoms with E-state index >= 15 is 0 Å². The van der Waals surface area contributed by atoms with Crippen molar-refractivity contribution in [1.29, 1.82) is 0 Å². The van der Waals surface area contributed by atoms with Crippen LogP contribution in [0.5, 0.6) is 0 Å². The second-order valence-corrected chi connectivity index (χ2v) is 2.64. The lowest BCUT2D eigenvalue weighted by Gasteiger charge is -2.01. The lowest BCUT2D eigenvalue weighted by atomic mass is 10.2. The summed E-state index contributed by atoms with van der Waals surface area (Å²) in [6.07, 6.45) is 2.65. The second-order valence-electron chi connectivity index (χ2n) is 2.05. The van der Waals surface area contributed by atoms with Gasteiger partial charge in [-0.2, -0.15) is 0 Å². The van der Waals surface area contributed by atoms with Gasteiger partial charge in [-0.05, 0) is 30.9 Å². The van der Waals surface area contributed by atoms with E-state index in [1.165, 1.54) is 5.54 Å². The fourth-order valence-corrected chi connectivity index (χ4v) is 0.732. The summed E-state index contributed by atoms with van der Waals surface area (Å²) in [6.45, 7) is 0.793. The first-order valence-electron chi connectivity index (χ1n) is 3.50. The van der Waals surface area contributed by atoms with Crippen molar-refractivity contribution >= 4 is 23.2 Å². The van der Waals surface area contributed by atoms with Crippen molar-refractivity contribution in [2.75, 3.05) is 13.2 Å². The summed E-state index contributed by atoms with van der Waals surface area (Å²) in [5.74, 6) is 0. The summed E-state index contributed by atoms with van der Waals surface area (Å²) < 4.78 is 4.95. The second kappa shape index (κ2) is 8.18. The van der Waals surface area contributed by atoms with E-state index in [0.29, 0.717) is 6.61 Å². The van der Waals surface area contributed by atoms with Crippen molar-refractivity contribution in [2.24, 2.45) is 0 Å². The van der Waals surface area contributed by atoms with Gasteiger partial charge in [-0.1, -0.05) is 11.6 Å². The first kappa shape index (κ1) is 11.1. The molecule has 11 heavy (non-hydrogen) atoms. The normalized spacial score (nSPS) is 11.7. The molecule has 0 aliphatic rings. The zero-order valence-electron chi connectivity index (χ0n) is 6.22. The molecule has 0 fully saturated rings. The molecular formula is C7H12Cl2O2. The molecule has 66 valence electrons. The number of unbranched alkanes of at least 4 members (excludes halogenated alkanes) is 2. The highest BCUT2D eigenvalue weighted by Crippen LogP contribution is 2.06. The minimum Gasteiger partial charge on any atom is -0.482 e. The Labute approximate surface area is 76.8 Å². The lowest BCUT2D eigenvalue weighted by Crippen LogP contribution is -1.91. The minimum absolute atomic E-state index is 0.218. The first-order valence-corrected chi connectivity index (χ1v) is 4.32. The van der Waals surface area contributed by atoms with Crippen LogP contribution in [0.25, 0.3) is 0 Å². The number of hydrogen-bond donors (Lipinski definition) is 1. The molecule has 0 heterocycles. The molecule has 0 rings (SSSR count). The number of ether oxygens (including phenoxy) is 1. The van der Waals surface area contributed by atoms with E-state index in [-0.39, 0.29) is 11.8 Å². The van der Waals surface area contributed by atoms with Gasteiger partial charge in [0.1, 0.15) is 0 Å². The molecule has 0 bridgehead atoms. The highest BCUT2D eigenvalue weighted by Gasteiger charge is 1.91. The zero-order valence-corrected chi connectivity index (χ0v) is 7.74. The number of hydrogen-bond acceptors (Lipinski definition) is 2. The molecule has 0 aromatic carbocycles. The first-order chi connectivity index (χ1) is 5.31. The predicted molar refractivity (Wildman–Crippen MR) is 46.7 cm³/mol. The SMILES string of the molecule is OCCCCCOC(Cl)=CCl. The van der Waals surface area contributed by atoms with Crippen LogP contribution < -0.4 is 0 Å². The minimum atomic E-state index is 0.218. The third-order valence-corrected chi connectivity index (χ3v) is 1.66. The van der Waals surface area contributed by atoms with Gasteiger partial charge in [0, 0.05) is 6.61 Å². The predicted octanol–water partition coefficient (Wildman–Crippen LogP) is 2.44. The van der Waals surface area contributed by atoms with Crippen molar-refractivity contribution in [3.8, 4) is 0 Å². The van der Waals surface area contributed by atoms with Gasteiger partial charge in [0.15, 0.2) is 5.22 Å². The standard InChI is InChI=1S/C7H12Cl2O2/c8-6-7(9)11-5-3-1-2-4-10/h6,10H,1-5H2. The fraction of sp³-hybridized carbons (Fsp3) is 0.714. The third kappa shape index (κ3) is 7.98. The summed E-state index contributed by atoms with van der Waals surface area (Å²) in [5.41, 5.74) is 1.19. The van der Waals surface area contributed by atoms with Crippen LogP contribution in [0.1, 0.15) is 19.3 Å². The van der Waals surface area contributed by atoms with E-state index in [1.54, 1.807) is 0 Å². The van der Waals surface area contributed by atoms with Gasteiger partial charge in [0.05, 0.1) is 12.1 Å². The largest absolute Gasteiger partial charge is 0.482 e. The lowest BCUT2D eigenvalue weighted by molar-refractivity contribution is 0.220. The topological polar surface area (TPSA) is 29.5 Å². The summed E-state index contributed by atoms with van der Waals surface area (Å²) in [7, 11) is 0. The Bertz CT molecular complexity index is 115. The van der Waals surface area contributed by atoms with Crippen LogP contribution in [0.3, 0.4) is 0 Å². The Morgan fingerprint density at radius 1 is 1.36 bits per heavy atom. The molecule has 4 heteroatoms. The average Bonchev–Trinajstić information content (AvgIpc) is 2.04. The van der Waals surface area contributed by atoms with E-state index in [1.807, 2.05) is 0 Å². The molecule has 0 saturated carbocycles. The number of aliphatic hydroxyl groups excluding tert-OH is 1. The molecule has 0 radical (unpaired) electrons. The van der Waals surface area contributed by atoms with Crippen LogP contribution in [0, 0.1) is 0 Å². The van der Waals surface area contributed by atoms with Gasteiger partial charge in [-0.15, -0.1) is 0 Å². The molecule has 0 aliphatic carbocycles. The zero-order chi connectivity index (χ0) is 8.53. The molecular weight excluding hydrogens is 187 g/mol. The molecule has 0 amide bonds. The maximum Gasteiger partial charge on any atom is 0.198 e. The Morgan fingerprint density at radius 2 is 2.09 bits per heavy atom. The summed E-state index contributed by atoms with van der Waals surface area (Å²) in [5, 5.41) is 8.64. The van der Waals surface area contributed by atoms with Crippen molar-refractivity contribution in [3.05, 3.63) is 10.8 Å². The van der Waals surface area contributed by atoms with Crippen LogP contribution in [0.2, 0.25) is 0 Å². The maximum atomic E-state index is 8.42. The van der Waals surface area contributed by atoms with Crippen LogP contribution >= 0.6 is 23.2 Å². The molecule has 2 nitrogen and oxygen atoms in total. The molecule has 0 aromatic heterocycles. The van der Waals surface area contributed by atoms with Gasteiger partial charge < -0.3 is 9.84 Å². The maximum absolute atomic E-state index is 8.42. The molecule has 0 saturated heterocycles. The molecule has 0 aromatic rings. The van der Waals surface area contributed by atoms with E-state index < -0.39 is 0 Å². The molecule has 1 N–H and O–H groups in total. The van der Waals surface area contributed by atoms with Gasteiger partial charge >= 0.3 is 0 Å². The third-order valence-electron chi connectivity index (χ3n) is 1.13. The van der Waals surface area contributed by atoms with Crippen LogP contribution in [-0.2, 0) is 4.74 Å². The van der Waals surface area contributed by atoms with Crippen molar-refractivity contribution < 1.29 is 9.84 Å².